The number of fused-ring (bicyclic) bond motifs is 5. The Balaban J connectivity index is 1.79. The van der Waals surface area contributed by atoms with E-state index in [0.29, 0.717) is 11.8 Å². The first-order chi connectivity index (χ1) is 10.1. The maximum absolute atomic E-state index is 12.7. The zero-order valence-electron chi connectivity index (χ0n) is 11.4. The van der Waals surface area contributed by atoms with Crippen LogP contribution in [0.2, 0.25) is 0 Å². The highest BCUT2D eigenvalue weighted by atomic mass is 16.4. The van der Waals surface area contributed by atoms with E-state index >= 15 is 0 Å². The van der Waals surface area contributed by atoms with E-state index in [-0.39, 0.29) is 34.9 Å². The second kappa shape index (κ2) is 4.16. The van der Waals surface area contributed by atoms with E-state index in [1.54, 1.807) is 18.2 Å². The van der Waals surface area contributed by atoms with E-state index in [2.05, 4.69) is 0 Å². The predicted octanol–water partition coefficient (Wildman–Crippen LogP) is 1.92. The first-order valence-corrected chi connectivity index (χ1v) is 7.29. The fourth-order valence-corrected chi connectivity index (χ4v) is 4.50. The number of carbonyl (C=O) groups excluding carboxylic acids is 2. The Kier molecular flexibility index (Phi) is 2.49. The summed E-state index contributed by atoms with van der Waals surface area (Å²) in [7, 11) is 0. The van der Waals surface area contributed by atoms with Crippen molar-refractivity contribution in [2.75, 3.05) is 4.90 Å². The number of para-hydroxylation sites is 1. The minimum atomic E-state index is -1.12. The highest BCUT2D eigenvalue weighted by molar-refractivity contribution is 6.24. The first-order valence-electron chi connectivity index (χ1n) is 7.29. The number of hydrogen-bond acceptors (Lipinski definition) is 3. The number of carbonyl (C=O) groups is 3. The molecule has 2 amide bonds. The molecule has 5 heteroatoms. The maximum atomic E-state index is 12.7. The quantitative estimate of drug-likeness (QED) is 0.842. The average molecular weight is 285 g/mol. The average Bonchev–Trinajstić information content (AvgIpc) is 3.13. The molecule has 0 aromatic heterocycles. The van der Waals surface area contributed by atoms with Crippen molar-refractivity contribution in [1.82, 2.24) is 0 Å². The van der Waals surface area contributed by atoms with Crippen LogP contribution in [0.25, 0.3) is 0 Å². The highest BCUT2D eigenvalue weighted by Gasteiger charge is 2.61. The van der Waals surface area contributed by atoms with E-state index in [4.69, 9.17) is 0 Å². The van der Waals surface area contributed by atoms with Gasteiger partial charge in [0.25, 0.3) is 0 Å². The number of nitrogens with zero attached hydrogens (tertiary/aromatic N) is 1. The second-order valence-electron chi connectivity index (χ2n) is 6.22. The summed E-state index contributed by atoms with van der Waals surface area (Å²) < 4.78 is 0. The van der Waals surface area contributed by atoms with Crippen LogP contribution in [-0.4, -0.2) is 22.9 Å². The van der Waals surface area contributed by atoms with Gasteiger partial charge in [0.1, 0.15) is 0 Å². The number of rotatable bonds is 2. The molecule has 21 heavy (non-hydrogen) atoms. The van der Waals surface area contributed by atoms with Crippen molar-refractivity contribution in [3.05, 3.63) is 29.8 Å². The van der Waals surface area contributed by atoms with Crippen LogP contribution in [0, 0.1) is 23.7 Å². The van der Waals surface area contributed by atoms with E-state index < -0.39 is 5.97 Å². The minimum absolute atomic E-state index is 0.00604. The van der Waals surface area contributed by atoms with Gasteiger partial charge in [0.15, 0.2) is 0 Å². The van der Waals surface area contributed by atoms with Gasteiger partial charge in [0.2, 0.25) is 11.8 Å². The van der Waals surface area contributed by atoms with Crippen LogP contribution in [0.3, 0.4) is 0 Å². The van der Waals surface area contributed by atoms with Crippen LogP contribution >= 0.6 is 0 Å². The fraction of sp³-hybridized carbons (Fsp3) is 0.438. The topological polar surface area (TPSA) is 74.7 Å². The minimum Gasteiger partial charge on any atom is -0.478 e. The number of carboxylic acid groups (broad SMARTS) is 1. The number of amides is 2. The molecule has 1 aromatic carbocycles. The van der Waals surface area contributed by atoms with E-state index in [0.717, 1.165) is 24.2 Å². The number of hydrogen-bond donors (Lipinski definition) is 1. The molecule has 2 aliphatic carbocycles. The Morgan fingerprint density at radius 2 is 1.62 bits per heavy atom. The van der Waals surface area contributed by atoms with E-state index in [1.165, 1.54) is 6.07 Å². The van der Waals surface area contributed by atoms with Gasteiger partial charge in [0, 0.05) is 0 Å². The number of aromatic carboxylic acids is 1. The van der Waals surface area contributed by atoms with Crippen LogP contribution in [0.4, 0.5) is 5.69 Å². The van der Waals surface area contributed by atoms with Gasteiger partial charge in [-0.05, 0) is 43.2 Å². The van der Waals surface area contributed by atoms with Crippen LogP contribution < -0.4 is 4.90 Å². The standard InChI is InChI=1S/C16H15NO4/c18-14-12-8-5-6-9(7-8)13(12)15(19)17(14)11-4-2-1-3-10(11)16(20)21/h1-4,8-9,12-13H,5-7H2,(H,20,21)/t8-,9+,12?,13?. The molecular weight excluding hydrogens is 270 g/mol. The van der Waals surface area contributed by atoms with Gasteiger partial charge in [-0.3, -0.25) is 9.59 Å². The first kappa shape index (κ1) is 12.6. The third-order valence-electron chi connectivity index (χ3n) is 5.30. The summed E-state index contributed by atoms with van der Waals surface area (Å²) in [6, 6.07) is 6.23. The largest absolute Gasteiger partial charge is 0.478 e. The lowest BCUT2D eigenvalue weighted by Gasteiger charge is -2.19. The Labute approximate surface area is 121 Å². The summed E-state index contributed by atoms with van der Waals surface area (Å²) in [5.41, 5.74) is 0.223. The molecule has 3 aliphatic rings. The fourth-order valence-electron chi connectivity index (χ4n) is 4.50. The van der Waals surface area contributed by atoms with Gasteiger partial charge in [-0.15, -0.1) is 0 Å². The van der Waals surface area contributed by atoms with Crippen LogP contribution in [-0.2, 0) is 9.59 Å². The number of anilines is 1. The Bertz CT molecular complexity index is 640. The van der Waals surface area contributed by atoms with Crippen molar-refractivity contribution >= 4 is 23.5 Å². The Hall–Kier alpha value is -2.17. The molecule has 4 atom stereocenters. The molecule has 2 saturated carbocycles. The molecular formula is C16H15NO4. The predicted molar refractivity (Wildman–Crippen MR) is 73.7 cm³/mol. The zero-order valence-corrected chi connectivity index (χ0v) is 11.4. The smallest absolute Gasteiger partial charge is 0.337 e. The molecule has 5 nitrogen and oxygen atoms in total. The van der Waals surface area contributed by atoms with Crippen molar-refractivity contribution in [2.24, 2.45) is 23.7 Å². The van der Waals surface area contributed by atoms with Gasteiger partial charge < -0.3 is 5.11 Å². The van der Waals surface area contributed by atoms with Crippen molar-refractivity contribution < 1.29 is 19.5 Å². The van der Waals surface area contributed by atoms with Crippen LogP contribution in [0.1, 0.15) is 29.6 Å². The molecule has 1 aromatic rings. The maximum Gasteiger partial charge on any atom is 0.337 e. The summed E-state index contributed by atoms with van der Waals surface area (Å²) >= 11 is 0. The SMILES string of the molecule is O=C(O)c1ccccc1N1C(=O)C2C(C1=O)[C@H]1CC[C@@H]2C1. The lowest BCUT2D eigenvalue weighted by molar-refractivity contribution is -0.123. The molecule has 1 N–H and O–H groups in total. The van der Waals surface area contributed by atoms with Gasteiger partial charge in [-0.2, -0.15) is 0 Å². The molecule has 1 heterocycles. The summed E-state index contributed by atoms with van der Waals surface area (Å²) in [5.74, 6) is -1.36. The Morgan fingerprint density at radius 3 is 2.19 bits per heavy atom. The summed E-state index contributed by atoms with van der Waals surface area (Å²) in [6.07, 6.45) is 3.00. The third kappa shape index (κ3) is 1.54. The normalized spacial score (nSPS) is 33.6. The van der Waals surface area contributed by atoms with Crippen molar-refractivity contribution in [1.29, 1.82) is 0 Å². The highest BCUT2D eigenvalue weighted by Crippen LogP contribution is 2.56. The zero-order chi connectivity index (χ0) is 14.7. The molecule has 2 bridgehead atoms. The molecule has 2 unspecified atom stereocenters. The van der Waals surface area contributed by atoms with Gasteiger partial charge in [0.05, 0.1) is 23.1 Å². The lowest BCUT2D eigenvalue weighted by atomic mass is 9.81. The second-order valence-corrected chi connectivity index (χ2v) is 6.22. The number of benzene rings is 1. The molecule has 4 rings (SSSR count). The summed E-state index contributed by atoms with van der Waals surface area (Å²) in [4.78, 5) is 37.8. The summed E-state index contributed by atoms with van der Waals surface area (Å²) in [6.45, 7) is 0. The number of imide groups is 1. The van der Waals surface area contributed by atoms with Gasteiger partial charge in [-0.1, -0.05) is 12.1 Å². The third-order valence-corrected chi connectivity index (χ3v) is 5.30. The summed E-state index contributed by atoms with van der Waals surface area (Å²) in [5, 5.41) is 9.27. The molecule has 1 aliphatic heterocycles. The lowest BCUT2D eigenvalue weighted by Crippen LogP contribution is -2.34. The van der Waals surface area contributed by atoms with Gasteiger partial charge >= 0.3 is 5.97 Å². The Morgan fingerprint density at radius 1 is 1.05 bits per heavy atom. The van der Waals surface area contributed by atoms with Crippen LogP contribution in [0.5, 0.6) is 0 Å². The van der Waals surface area contributed by atoms with Crippen molar-refractivity contribution in [3.63, 3.8) is 0 Å². The molecule has 0 spiro atoms. The van der Waals surface area contributed by atoms with Crippen molar-refractivity contribution in [2.45, 2.75) is 19.3 Å². The molecule has 108 valence electrons. The van der Waals surface area contributed by atoms with Crippen LogP contribution in [0.15, 0.2) is 24.3 Å². The monoisotopic (exact) mass is 285 g/mol. The van der Waals surface area contributed by atoms with E-state index in [1.807, 2.05) is 0 Å². The van der Waals surface area contributed by atoms with Gasteiger partial charge in [-0.25, -0.2) is 9.69 Å². The van der Waals surface area contributed by atoms with Crippen molar-refractivity contribution in [3.8, 4) is 0 Å². The molecule has 1 saturated heterocycles. The number of carboxylic acids is 1. The molecule has 0 radical (unpaired) electrons. The van der Waals surface area contributed by atoms with E-state index in [9.17, 15) is 19.5 Å². The molecule has 3 fully saturated rings.